The van der Waals surface area contributed by atoms with Crippen molar-refractivity contribution in [1.29, 1.82) is 0 Å². The zero-order valence-electron chi connectivity index (χ0n) is 16.1. The molecular formula is C20H24Cl2N2O3S. The van der Waals surface area contributed by atoms with Gasteiger partial charge in [0.25, 0.3) is 5.91 Å². The molecule has 2 aromatic rings. The Morgan fingerprint density at radius 1 is 1.07 bits per heavy atom. The van der Waals surface area contributed by atoms with E-state index in [0.717, 1.165) is 24.9 Å². The molecule has 1 atom stereocenters. The second-order valence-corrected chi connectivity index (χ2v) is 9.21. The van der Waals surface area contributed by atoms with E-state index < -0.39 is 15.7 Å². The van der Waals surface area contributed by atoms with Gasteiger partial charge in [-0.2, -0.15) is 0 Å². The van der Waals surface area contributed by atoms with Crippen molar-refractivity contribution in [2.45, 2.75) is 24.8 Å². The van der Waals surface area contributed by atoms with Gasteiger partial charge >= 0.3 is 0 Å². The van der Waals surface area contributed by atoms with Crippen molar-refractivity contribution in [2.75, 3.05) is 25.9 Å². The third kappa shape index (κ3) is 5.47. The van der Waals surface area contributed by atoms with Gasteiger partial charge in [-0.3, -0.25) is 9.69 Å². The van der Waals surface area contributed by atoms with E-state index >= 15 is 0 Å². The molecule has 1 amide bonds. The van der Waals surface area contributed by atoms with Crippen molar-refractivity contribution >= 4 is 38.9 Å². The third-order valence-corrected chi connectivity index (χ3v) is 6.37. The maximum Gasteiger partial charge on any atom is 0.252 e. The van der Waals surface area contributed by atoms with Gasteiger partial charge in [-0.15, -0.1) is 0 Å². The minimum absolute atomic E-state index is 0.0495. The monoisotopic (exact) mass is 442 g/mol. The first-order valence-corrected chi connectivity index (χ1v) is 11.6. The lowest BCUT2D eigenvalue weighted by Crippen LogP contribution is -2.38. The standard InChI is InChI=1S/C20H24Cl2N2O3S/c1-4-24(5-2)19(15-8-6-7-9-17(15)21)13-23-20(25)16-12-14(28(3,26)27)10-11-18(16)22/h6-12,19H,4-5,13H2,1-3H3,(H,23,25). The Balaban J connectivity index is 2.28. The molecule has 0 aliphatic rings. The summed E-state index contributed by atoms with van der Waals surface area (Å²) in [6.45, 7) is 5.96. The van der Waals surface area contributed by atoms with Gasteiger partial charge in [-0.1, -0.05) is 55.2 Å². The molecule has 2 rings (SSSR count). The number of amides is 1. The molecule has 5 nitrogen and oxygen atoms in total. The lowest BCUT2D eigenvalue weighted by molar-refractivity contribution is 0.0935. The quantitative estimate of drug-likeness (QED) is 0.664. The van der Waals surface area contributed by atoms with E-state index in [1.165, 1.54) is 18.2 Å². The van der Waals surface area contributed by atoms with Crippen LogP contribution in [0.15, 0.2) is 47.4 Å². The summed E-state index contributed by atoms with van der Waals surface area (Å²) < 4.78 is 23.6. The topological polar surface area (TPSA) is 66.5 Å². The Labute approximate surface area is 176 Å². The molecule has 0 saturated carbocycles. The summed E-state index contributed by atoms with van der Waals surface area (Å²) in [7, 11) is -3.44. The van der Waals surface area contributed by atoms with Crippen molar-refractivity contribution in [3.8, 4) is 0 Å². The van der Waals surface area contributed by atoms with Crippen LogP contribution >= 0.6 is 23.2 Å². The third-order valence-electron chi connectivity index (χ3n) is 4.58. The van der Waals surface area contributed by atoms with Crippen molar-refractivity contribution < 1.29 is 13.2 Å². The zero-order chi connectivity index (χ0) is 20.9. The molecule has 0 spiro atoms. The smallest absolute Gasteiger partial charge is 0.252 e. The highest BCUT2D eigenvalue weighted by Gasteiger charge is 2.22. The molecule has 0 heterocycles. The second-order valence-electron chi connectivity index (χ2n) is 6.38. The number of nitrogens with one attached hydrogen (secondary N) is 1. The number of sulfone groups is 1. The van der Waals surface area contributed by atoms with Crippen molar-refractivity contribution in [3.63, 3.8) is 0 Å². The number of rotatable bonds is 8. The maximum atomic E-state index is 12.7. The molecule has 1 N–H and O–H groups in total. The molecular weight excluding hydrogens is 419 g/mol. The fraction of sp³-hybridized carbons (Fsp3) is 0.350. The van der Waals surface area contributed by atoms with E-state index in [0.29, 0.717) is 11.6 Å². The minimum atomic E-state index is -3.44. The lowest BCUT2D eigenvalue weighted by atomic mass is 10.0. The number of hydrogen-bond donors (Lipinski definition) is 1. The zero-order valence-corrected chi connectivity index (χ0v) is 18.4. The van der Waals surface area contributed by atoms with E-state index in [-0.39, 0.29) is 21.5 Å². The summed E-state index contributed by atoms with van der Waals surface area (Å²) in [6.07, 6.45) is 1.09. The number of carbonyl (C=O) groups is 1. The van der Waals surface area contributed by atoms with Crippen LogP contribution in [-0.2, 0) is 9.84 Å². The normalized spacial score (nSPS) is 12.8. The predicted molar refractivity (Wildman–Crippen MR) is 114 cm³/mol. The molecule has 0 aromatic heterocycles. The number of benzene rings is 2. The highest BCUT2D eigenvalue weighted by atomic mass is 35.5. The number of halogens is 2. The van der Waals surface area contributed by atoms with Crippen LogP contribution in [0.1, 0.15) is 35.8 Å². The van der Waals surface area contributed by atoms with E-state index in [9.17, 15) is 13.2 Å². The molecule has 8 heteroatoms. The number of nitrogens with zero attached hydrogens (tertiary/aromatic N) is 1. The summed E-state index contributed by atoms with van der Waals surface area (Å²) in [4.78, 5) is 15.0. The summed E-state index contributed by atoms with van der Waals surface area (Å²) in [5.74, 6) is -0.431. The average Bonchev–Trinajstić information content (AvgIpc) is 2.65. The Hall–Kier alpha value is -1.60. The van der Waals surface area contributed by atoms with Gasteiger partial charge in [0.05, 0.1) is 21.5 Å². The molecule has 0 aliphatic heterocycles. The van der Waals surface area contributed by atoms with Crippen LogP contribution in [0.2, 0.25) is 10.0 Å². The SMILES string of the molecule is CCN(CC)C(CNC(=O)c1cc(S(C)(=O)=O)ccc1Cl)c1ccccc1Cl. The van der Waals surface area contributed by atoms with Crippen molar-refractivity contribution in [3.05, 3.63) is 63.6 Å². The van der Waals surface area contributed by atoms with Crippen LogP contribution in [-0.4, -0.2) is 45.1 Å². The summed E-state index contributed by atoms with van der Waals surface area (Å²) in [5.41, 5.74) is 1.05. The van der Waals surface area contributed by atoms with Crippen molar-refractivity contribution in [2.24, 2.45) is 0 Å². The fourth-order valence-electron chi connectivity index (χ4n) is 3.04. The lowest BCUT2D eigenvalue weighted by Gasteiger charge is -2.31. The van der Waals surface area contributed by atoms with E-state index in [1.807, 2.05) is 38.1 Å². The highest BCUT2D eigenvalue weighted by molar-refractivity contribution is 7.90. The van der Waals surface area contributed by atoms with E-state index in [2.05, 4.69) is 10.2 Å². The molecule has 0 fully saturated rings. The molecule has 0 radical (unpaired) electrons. The number of carbonyl (C=O) groups excluding carboxylic acids is 1. The van der Waals surface area contributed by atoms with E-state index in [4.69, 9.17) is 23.2 Å². The first-order valence-electron chi connectivity index (χ1n) is 8.95. The number of hydrogen-bond acceptors (Lipinski definition) is 4. The Bertz CT molecular complexity index is 944. The van der Waals surface area contributed by atoms with Gasteiger partial charge in [0, 0.05) is 17.8 Å². The van der Waals surface area contributed by atoms with Crippen LogP contribution in [0.4, 0.5) is 0 Å². The Kier molecular flexibility index (Phi) is 7.89. The van der Waals surface area contributed by atoms with Crippen LogP contribution < -0.4 is 5.32 Å². The maximum absolute atomic E-state index is 12.7. The molecule has 1 unspecified atom stereocenters. The molecule has 0 saturated heterocycles. The van der Waals surface area contributed by atoms with Crippen molar-refractivity contribution in [1.82, 2.24) is 10.2 Å². The van der Waals surface area contributed by atoms with Gasteiger partial charge in [-0.05, 0) is 42.9 Å². The first kappa shape index (κ1) is 22.7. The van der Waals surface area contributed by atoms with Gasteiger partial charge in [0.2, 0.25) is 0 Å². The minimum Gasteiger partial charge on any atom is -0.350 e. The van der Waals surface area contributed by atoms with Gasteiger partial charge < -0.3 is 5.32 Å². The van der Waals surface area contributed by atoms with Crippen LogP contribution in [0, 0.1) is 0 Å². The largest absolute Gasteiger partial charge is 0.350 e. The Morgan fingerprint density at radius 3 is 2.29 bits per heavy atom. The molecule has 2 aromatic carbocycles. The molecule has 0 aliphatic carbocycles. The van der Waals surface area contributed by atoms with Crippen LogP contribution in [0.25, 0.3) is 0 Å². The predicted octanol–water partition coefficient (Wildman–Crippen LogP) is 4.21. The number of likely N-dealkylation sites (N-methyl/N-ethyl adjacent to an activating group) is 1. The van der Waals surface area contributed by atoms with Crippen LogP contribution in [0.5, 0.6) is 0 Å². The fourth-order valence-corrected chi connectivity index (χ4v) is 4.15. The van der Waals surface area contributed by atoms with Crippen LogP contribution in [0.3, 0.4) is 0 Å². The summed E-state index contributed by atoms with van der Waals surface area (Å²) >= 11 is 12.5. The molecule has 28 heavy (non-hydrogen) atoms. The molecule has 152 valence electrons. The second kappa shape index (κ2) is 9.74. The Morgan fingerprint density at radius 2 is 1.71 bits per heavy atom. The average molecular weight is 443 g/mol. The van der Waals surface area contributed by atoms with Gasteiger partial charge in [0.15, 0.2) is 9.84 Å². The summed E-state index contributed by atoms with van der Waals surface area (Å²) in [5, 5.41) is 3.70. The van der Waals surface area contributed by atoms with E-state index in [1.54, 1.807) is 0 Å². The highest BCUT2D eigenvalue weighted by Crippen LogP contribution is 2.27. The van der Waals surface area contributed by atoms with Gasteiger partial charge in [0.1, 0.15) is 0 Å². The first-order chi connectivity index (χ1) is 13.2. The summed E-state index contributed by atoms with van der Waals surface area (Å²) in [6, 6.07) is 11.5. The molecule has 0 bridgehead atoms. The van der Waals surface area contributed by atoms with Gasteiger partial charge in [-0.25, -0.2) is 8.42 Å².